The predicted molar refractivity (Wildman–Crippen MR) is 116 cm³/mol. The highest BCUT2D eigenvalue weighted by molar-refractivity contribution is 7.90. The zero-order valence-corrected chi connectivity index (χ0v) is 17.3. The number of nitrogens with one attached hydrogen (secondary N) is 1. The molecule has 3 aromatic carbocycles. The SMILES string of the molecule is Cc1ccc([S+]([O-])NC(=O)c2cc3c(C)cc(C)cc3o2)c(-c2ccccc2)c1. The topological polar surface area (TPSA) is 65.3 Å². The average molecular weight is 404 g/mol. The van der Waals surface area contributed by atoms with E-state index in [2.05, 4.69) is 4.72 Å². The highest BCUT2D eigenvalue weighted by atomic mass is 32.2. The van der Waals surface area contributed by atoms with Crippen LogP contribution >= 0.6 is 0 Å². The summed E-state index contributed by atoms with van der Waals surface area (Å²) >= 11 is -1.73. The van der Waals surface area contributed by atoms with Gasteiger partial charge in [0, 0.05) is 10.9 Å². The summed E-state index contributed by atoms with van der Waals surface area (Å²) in [6, 6.07) is 21.0. The van der Waals surface area contributed by atoms with Crippen LogP contribution in [0.25, 0.3) is 22.1 Å². The Labute approximate surface area is 172 Å². The van der Waals surface area contributed by atoms with Gasteiger partial charge in [0.2, 0.25) is 0 Å². The van der Waals surface area contributed by atoms with E-state index >= 15 is 0 Å². The Kier molecular flexibility index (Phi) is 5.18. The normalized spacial score (nSPS) is 12.1. The average Bonchev–Trinajstić information content (AvgIpc) is 3.13. The molecule has 4 nitrogen and oxygen atoms in total. The number of carbonyl (C=O) groups is 1. The molecule has 146 valence electrons. The zero-order chi connectivity index (χ0) is 20.5. The summed E-state index contributed by atoms with van der Waals surface area (Å²) in [6.45, 7) is 5.94. The minimum absolute atomic E-state index is 0.149. The standard InChI is InChI=1S/C24H21NO3S/c1-15-9-10-23(20(12-15)18-7-5-4-6-8-18)29(27)25-24(26)22-14-19-17(3)11-16(2)13-21(19)28-22/h4-14H,1-3H3,(H,25,26). The molecule has 0 aliphatic heterocycles. The second-order valence-corrected chi connectivity index (χ2v) is 8.35. The zero-order valence-electron chi connectivity index (χ0n) is 16.5. The molecule has 1 heterocycles. The Balaban J connectivity index is 1.64. The fraction of sp³-hybridized carbons (Fsp3) is 0.125. The third-order valence-electron chi connectivity index (χ3n) is 4.82. The van der Waals surface area contributed by atoms with E-state index in [9.17, 15) is 9.35 Å². The quantitative estimate of drug-likeness (QED) is 0.459. The molecule has 1 unspecified atom stereocenters. The van der Waals surface area contributed by atoms with Crippen LogP contribution in [0.2, 0.25) is 0 Å². The highest BCUT2D eigenvalue weighted by Crippen LogP contribution is 2.29. The van der Waals surface area contributed by atoms with Gasteiger partial charge in [0.25, 0.3) is 0 Å². The fourth-order valence-electron chi connectivity index (χ4n) is 3.44. The summed E-state index contributed by atoms with van der Waals surface area (Å²) in [4.78, 5) is 13.3. The second kappa shape index (κ2) is 7.78. The maximum absolute atomic E-state index is 13.0. The maximum Gasteiger partial charge on any atom is 0.328 e. The first-order chi connectivity index (χ1) is 13.9. The van der Waals surface area contributed by atoms with Crippen molar-refractivity contribution in [3.63, 3.8) is 0 Å². The van der Waals surface area contributed by atoms with E-state index in [1.165, 1.54) is 0 Å². The van der Waals surface area contributed by atoms with Gasteiger partial charge < -0.3 is 8.97 Å². The van der Waals surface area contributed by atoms with Crippen molar-refractivity contribution >= 4 is 28.2 Å². The molecule has 0 spiro atoms. The van der Waals surface area contributed by atoms with E-state index in [0.717, 1.165) is 33.2 Å². The molecule has 4 aromatic rings. The summed E-state index contributed by atoms with van der Waals surface area (Å²) in [5, 5.41) is 0.881. The minimum atomic E-state index is -1.73. The molecule has 5 heteroatoms. The summed E-state index contributed by atoms with van der Waals surface area (Å²) < 4.78 is 21.3. The third-order valence-corrected chi connectivity index (χ3v) is 5.94. The lowest BCUT2D eigenvalue weighted by Gasteiger charge is -2.14. The molecule has 1 N–H and O–H groups in total. The first kappa shape index (κ1) is 19.3. The predicted octanol–water partition coefficient (Wildman–Crippen LogP) is 5.48. The van der Waals surface area contributed by atoms with E-state index in [4.69, 9.17) is 4.42 Å². The number of hydrogen-bond acceptors (Lipinski definition) is 3. The Morgan fingerprint density at radius 2 is 1.69 bits per heavy atom. The van der Waals surface area contributed by atoms with Crippen molar-refractivity contribution in [3.8, 4) is 11.1 Å². The van der Waals surface area contributed by atoms with Crippen molar-refractivity contribution in [2.75, 3.05) is 0 Å². The Bertz CT molecular complexity index is 1200. The number of furan rings is 1. The van der Waals surface area contributed by atoms with E-state index in [1.54, 1.807) is 12.1 Å². The summed E-state index contributed by atoms with van der Waals surface area (Å²) in [7, 11) is 0. The number of amides is 1. The maximum atomic E-state index is 13.0. The van der Waals surface area contributed by atoms with Gasteiger partial charge in [0.15, 0.2) is 10.7 Å². The molecular weight excluding hydrogens is 382 g/mol. The molecule has 0 aliphatic carbocycles. The van der Waals surface area contributed by atoms with Crippen LogP contribution in [0.1, 0.15) is 27.2 Å². The number of aryl methyl sites for hydroxylation is 3. The number of fused-ring (bicyclic) bond motifs is 1. The monoisotopic (exact) mass is 403 g/mol. The Morgan fingerprint density at radius 1 is 0.931 bits per heavy atom. The van der Waals surface area contributed by atoms with Crippen LogP contribution in [0.3, 0.4) is 0 Å². The largest absolute Gasteiger partial charge is 0.588 e. The molecule has 1 atom stereocenters. The number of carbonyl (C=O) groups excluding carboxylic acids is 1. The number of benzene rings is 3. The Hall–Kier alpha value is -3.02. The van der Waals surface area contributed by atoms with Crippen LogP contribution < -0.4 is 4.72 Å². The third kappa shape index (κ3) is 3.92. The van der Waals surface area contributed by atoms with Crippen LogP contribution in [-0.2, 0) is 11.4 Å². The van der Waals surface area contributed by atoms with Gasteiger partial charge in [0.1, 0.15) is 16.9 Å². The highest BCUT2D eigenvalue weighted by Gasteiger charge is 2.24. The number of rotatable bonds is 4. The Morgan fingerprint density at radius 3 is 2.45 bits per heavy atom. The fourth-order valence-corrected chi connectivity index (χ4v) is 4.39. The first-order valence-corrected chi connectivity index (χ1v) is 10.5. The van der Waals surface area contributed by atoms with E-state index in [1.807, 2.05) is 75.4 Å². The first-order valence-electron chi connectivity index (χ1n) is 9.32. The summed E-state index contributed by atoms with van der Waals surface area (Å²) in [6.07, 6.45) is 0. The van der Waals surface area contributed by atoms with Crippen LogP contribution in [0, 0.1) is 20.8 Å². The van der Waals surface area contributed by atoms with Gasteiger partial charge in [-0.25, -0.2) is 0 Å². The minimum Gasteiger partial charge on any atom is -0.588 e. The molecule has 4 rings (SSSR count). The van der Waals surface area contributed by atoms with Gasteiger partial charge in [-0.3, -0.25) is 4.79 Å². The van der Waals surface area contributed by atoms with E-state index in [-0.39, 0.29) is 5.76 Å². The van der Waals surface area contributed by atoms with Gasteiger partial charge >= 0.3 is 5.91 Å². The van der Waals surface area contributed by atoms with Gasteiger partial charge in [-0.05, 0) is 61.7 Å². The van der Waals surface area contributed by atoms with Gasteiger partial charge in [-0.2, -0.15) is 4.72 Å². The van der Waals surface area contributed by atoms with Crippen molar-refractivity contribution in [2.45, 2.75) is 25.7 Å². The number of hydrogen-bond donors (Lipinski definition) is 1. The van der Waals surface area contributed by atoms with Gasteiger partial charge in [0.05, 0.1) is 0 Å². The van der Waals surface area contributed by atoms with Crippen molar-refractivity contribution in [2.24, 2.45) is 0 Å². The molecule has 0 bridgehead atoms. The molecule has 0 saturated carbocycles. The van der Waals surface area contributed by atoms with Crippen molar-refractivity contribution in [1.29, 1.82) is 0 Å². The molecule has 1 aromatic heterocycles. The van der Waals surface area contributed by atoms with Crippen molar-refractivity contribution in [1.82, 2.24) is 4.72 Å². The summed E-state index contributed by atoms with van der Waals surface area (Å²) in [5.41, 5.74) is 5.59. The lowest BCUT2D eigenvalue weighted by molar-refractivity contribution is 0.0956. The second-order valence-electron chi connectivity index (χ2n) is 7.17. The molecule has 1 amide bonds. The van der Waals surface area contributed by atoms with Crippen molar-refractivity contribution < 1.29 is 13.8 Å². The smallest absolute Gasteiger partial charge is 0.328 e. The molecule has 0 saturated heterocycles. The van der Waals surface area contributed by atoms with Gasteiger partial charge in [-0.1, -0.05) is 48.0 Å². The van der Waals surface area contributed by atoms with Crippen LogP contribution in [0.4, 0.5) is 0 Å². The lowest BCUT2D eigenvalue weighted by Crippen LogP contribution is -2.30. The molecule has 0 fully saturated rings. The van der Waals surface area contributed by atoms with E-state index in [0.29, 0.717) is 10.5 Å². The van der Waals surface area contributed by atoms with Crippen LogP contribution in [0.5, 0.6) is 0 Å². The molecular formula is C24H21NO3S. The lowest BCUT2D eigenvalue weighted by atomic mass is 10.0. The molecule has 0 radical (unpaired) electrons. The molecule has 29 heavy (non-hydrogen) atoms. The van der Waals surface area contributed by atoms with Crippen LogP contribution in [-0.4, -0.2) is 10.5 Å². The molecule has 0 aliphatic rings. The van der Waals surface area contributed by atoms with Crippen molar-refractivity contribution in [3.05, 3.63) is 89.2 Å². The van der Waals surface area contributed by atoms with Gasteiger partial charge in [-0.15, -0.1) is 0 Å². The summed E-state index contributed by atoms with van der Waals surface area (Å²) in [5.74, 6) is -0.355. The van der Waals surface area contributed by atoms with Crippen LogP contribution in [0.15, 0.2) is 76.0 Å². The van der Waals surface area contributed by atoms with E-state index < -0.39 is 17.3 Å².